The molecule has 6 heteroatoms. The Labute approximate surface area is 85.5 Å². The van der Waals surface area contributed by atoms with Crippen LogP contribution in [0.5, 0.6) is 0 Å². The van der Waals surface area contributed by atoms with Crippen molar-refractivity contribution in [3.05, 3.63) is 33.7 Å². The van der Waals surface area contributed by atoms with Gasteiger partial charge in [-0.25, -0.2) is 0 Å². The summed E-state index contributed by atoms with van der Waals surface area (Å²) in [7, 11) is 0. The topological polar surface area (TPSA) is 105 Å². The minimum Gasteiger partial charge on any atom is -0.368 e. The van der Waals surface area contributed by atoms with Gasteiger partial charge in [-0.15, -0.1) is 0 Å². The number of nitrogens with two attached hydrogens (primary N) is 1. The molecule has 15 heavy (non-hydrogen) atoms. The maximum absolute atomic E-state index is 11.3. The highest BCUT2D eigenvalue weighted by Gasteiger charge is 2.10. The molecular weight excluding hydrogens is 198 g/mol. The molecule has 0 radical (unpaired) electrons. The Balaban J connectivity index is 2.83. The molecule has 2 amide bonds. The van der Waals surface area contributed by atoms with Crippen LogP contribution in [0.25, 0.3) is 0 Å². The molecule has 4 N–H and O–H groups in total. The summed E-state index contributed by atoms with van der Waals surface area (Å²) >= 11 is 0. The number of amides is 2. The maximum Gasteiger partial charge on any atom is 0.257 e. The Hall–Kier alpha value is -2.11. The summed E-state index contributed by atoms with van der Waals surface area (Å²) in [6, 6.07) is 1.30. The molecule has 0 atom stereocenters. The molecule has 1 rings (SSSR count). The first-order chi connectivity index (χ1) is 7.00. The predicted molar refractivity (Wildman–Crippen MR) is 53.3 cm³/mol. The van der Waals surface area contributed by atoms with Gasteiger partial charge < -0.3 is 16.0 Å². The van der Waals surface area contributed by atoms with E-state index in [4.69, 9.17) is 5.73 Å². The number of primary amides is 1. The Bertz CT molecular complexity index is 450. The van der Waals surface area contributed by atoms with Gasteiger partial charge in [-0.05, 0) is 6.92 Å². The van der Waals surface area contributed by atoms with Crippen molar-refractivity contribution in [2.24, 2.45) is 5.73 Å². The molecule has 80 valence electrons. The number of nitrogens with one attached hydrogen (secondary N) is 2. The van der Waals surface area contributed by atoms with Crippen molar-refractivity contribution in [3.8, 4) is 0 Å². The largest absolute Gasteiger partial charge is 0.368 e. The Morgan fingerprint density at radius 1 is 1.53 bits per heavy atom. The molecule has 1 aromatic rings. The van der Waals surface area contributed by atoms with Gasteiger partial charge in [0.1, 0.15) is 5.56 Å². The summed E-state index contributed by atoms with van der Waals surface area (Å²) in [4.78, 5) is 35.8. The highest BCUT2D eigenvalue weighted by molar-refractivity contribution is 5.95. The van der Waals surface area contributed by atoms with Crippen LogP contribution in [0.4, 0.5) is 0 Å². The first kappa shape index (κ1) is 11.0. The molecule has 0 aliphatic rings. The third kappa shape index (κ3) is 2.94. The number of aryl methyl sites for hydroxylation is 1. The van der Waals surface area contributed by atoms with Crippen molar-refractivity contribution in [3.63, 3.8) is 0 Å². The quantitative estimate of drug-likeness (QED) is 0.588. The molecule has 0 aliphatic carbocycles. The predicted octanol–water partition coefficient (Wildman–Crippen LogP) is -1.10. The molecule has 6 nitrogen and oxygen atoms in total. The second-order valence-corrected chi connectivity index (χ2v) is 3.04. The van der Waals surface area contributed by atoms with Crippen molar-refractivity contribution in [1.82, 2.24) is 10.3 Å². The molecule has 0 aromatic carbocycles. The molecular formula is C9H11N3O3. The van der Waals surface area contributed by atoms with E-state index in [2.05, 4.69) is 10.3 Å². The summed E-state index contributed by atoms with van der Waals surface area (Å²) in [6.07, 6.45) is 1.30. The highest BCUT2D eigenvalue weighted by Crippen LogP contribution is 1.91. The smallest absolute Gasteiger partial charge is 0.257 e. The number of aromatic amines is 1. The molecule has 0 aliphatic heterocycles. The van der Waals surface area contributed by atoms with Gasteiger partial charge in [-0.1, -0.05) is 0 Å². The maximum atomic E-state index is 11.3. The lowest BCUT2D eigenvalue weighted by Gasteiger charge is -2.02. The number of hydrogen-bond donors (Lipinski definition) is 3. The van der Waals surface area contributed by atoms with Crippen molar-refractivity contribution >= 4 is 11.8 Å². The normalized spacial score (nSPS) is 9.67. The monoisotopic (exact) mass is 209 g/mol. The van der Waals surface area contributed by atoms with Crippen LogP contribution in [0.1, 0.15) is 16.1 Å². The van der Waals surface area contributed by atoms with Gasteiger partial charge in [-0.2, -0.15) is 0 Å². The van der Waals surface area contributed by atoms with E-state index in [9.17, 15) is 14.4 Å². The third-order valence-corrected chi connectivity index (χ3v) is 1.73. The minimum atomic E-state index is -0.660. The second-order valence-electron chi connectivity index (χ2n) is 3.04. The average molecular weight is 209 g/mol. The fraction of sp³-hybridized carbons (Fsp3) is 0.222. The van der Waals surface area contributed by atoms with Crippen LogP contribution >= 0.6 is 0 Å². The number of carbonyl (C=O) groups is 2. The van der Waals surface area contributed by atoms with Gasteiger partial charge in [0.15, 0.2) is 5.43 Å². The lowest BCUT2D eigenvalue weighted by atomic mass is 10.2. The molecule has 0 unspecified atom stereocenters. The fourth-order valence-corrected chi connectivity index (χ4v) is 1.01. The first-order valence-corrected chi connectivity index (χ1v) is 4.26. The molecule has 0 fully saturated rings. The van der Waals surface area contributed by atoms with E-state index >= 15 is 0 Å². The fourth-order valence-electron chi connectivity index (χ4n) is 1.01. The van der Waals surface area contributed by atoms with E-state index in [1.165, 1.54) is 12.3 Å². The van der Waals surface area contributed by atoms with E-state index in [0.717, 1.165) is 0 Å². The molecule has 1 heterocycles. The lowest BCUT2D eigenvalue weighted by Crippen LogP contribution is -2.35. The van der Waals surface area contributed by atoms with Gasteiger partial charge in [0, 0.05) is 18.0 Å². The molecule has 0 spiro atoms. The van der Waals surface area contributed by atoms with Gasteiger partial charge in [0.2, 0.25) is 5.91 Å². The first-order valence-electron chi connectivity index (χ1n) is 4.26. The van der Waals surface area contributed by atoms with Gasteiger partial charge in [0.05, 0.1) is 6.54 Å². The van der Waals surface area contributed by atoms with Crippen LogP contribution < -0.4 is 16.5 Å². The number of rotatable bonds is 3. The highest BCUT2D eigenvalue weighted by atomic mass is 16.2. The number of carbonyl (C=O) groups excluding carboxylic acids is 2. The van der Waals surface area contributed by atoms with E-state index in [1.54, 1.807) is 6.92 Å². The number of pyridine rings is 1. The number of aromatic nitrogens is 1. The summed E-state index contributed by atoms with van der Waals surface area (Å²) < 4.78 is 0. The van der Waals surface area contributed by atoms with E-state index in [1.807, 2.05) is 0 Å². The summed E-state index contributed by atoms with van der Waals surface area (Å²) in [6.45, 7) is 1.42. The third-order valence-electron chi connectivity index (χ3n) is 1.73. The number of hydrogen-bond acceptors (Lipinski definition) is 3. The minimum absolute atomic E-state index is 0.0400. The van der Waals surface area contributed by atoms with Crippen LogP contribution in [0.2, 0.25) is 0 Å². The van der Waals surface area contributed by atoms with Gasteiger partial charge in [0.25, 0.3) is 5.91 Å². The Kier molecular flexibility index (Phi) is 3.22. The average Bonchev–Trinajstić information content (AvgIpc) is 2.14. The zero-order chi connectivity index (χ0) is 11.4. The molecule has 1 aromatic heterocycles. The zero-order valence-electron chi connectivity index (χ0n) is 8.16. The molecule has 0 bridgehead atoms. The van der Waals surface area contributed by atoms with Crippen molar-refractivity contribution in [2.75, 3.05) is 6.54 Å². The van der Waals surface area contributed by atoms with Crippen molar-refractivity contribution in [1.29, 1.82) is 0 Å². The summed E-state index contributed by atoms with van der Waals surface area (Å²) in [5.41, 5.74) is 5.07. The van der Waals surface area contributed by atoms with Crippen molar-refractivity contribution in [2.45, 2.75) is 6.92 Å². The van der Waals surface area contributed by atoms with Gasteiger partial charge >= 0.3 is 0 Å². The zero-order valence-corrected chi connectivity index (χ0v) is 8.16. The summed E-state index contributed by atoms with van der Waals surface area (Å²) in [5.74, 6) is -1.28. The standard InChI is InChI=1S/C9H11N3O3/c1-5-2-7(13)6(3-11-5)9(15)12-4-8(10)14/h2-3H,4H2,1H3,(H2,10,14)(H,11,13)(H,12,15). The summed E-state index contributed by atoms with van der Waals surface area (Å²) in [5, 5.41) is 2.23. The van der Waals surface area contributed by atoms with Crippen LogP contribution in [0.3, 0.4) is 0 Å². The van der Waals surface area contributed by atoms with Crippen LogP contribution in [0, 0.1) is 6.92 Å². The van der Waals surface area contributed by atoms with Crippen molar-refractivity contribution < 1.29 is 9.59 Å². The van der Waals surface area contributed by atoms with E-state index < -0.39 is 17.2 Å². The second kappa shape index (κ2) is 4.41. The Morgan fingerprint density at radius 2 is 2.20 bits per heavy atom. The lowest BCUT2D eigenvalue weighted by molar-refractivity contribution is -0.117. The SMILES string of the molecule is Cc1cc(=O)c(C(=O)NCC(N)=O)c[nH]1. The van der Waals surface area contributed by atoms with Crippen LogP contribution in [-0.2, 0) is 4.79 Å². The Morgan fingerprint density at radius 3 is 2.73 bits per heavy atom. The molecule has 0 saturated carbocycles. The van der Waals surface area contributed by atoms with Gasteiger partial charge in [-0.3, -0.25) is 14.4 Å². The van der Waals surface area contributed by atoms with E-state index in [0.29, 0.717) is 5.69 Å². The van der Waals surface area contributed by atoms with Crippen LogP contribution in [-0.4, -0.2) is 23.3 Å². The van der Waals surface area contributed by atoms with Crippen LogP contribution in [0.15, 0.2) is 17.1 Å². The number of H-pyrrole nitrogens is 1. The molecule has 0 saturated heterocycles. The van der Waals surface area contributed by atoms with E-state index in [-0.39, 0.29) is 12.1 Å².